The maximum Gasteiger partial charge on any atom is 0.235 e. The number of hydrogen-bond acceptors (Lipinski definition) is 3. The van der Waals surface area contributed by atoms with E-state index in [1.807, 2.05) is 11.3 Å². The number of fused-ring (bicyclic) bond motifs is 13. The molecule has 0 radical (unpaired) electrons. The normalized spacial score (nSPS) is 12.1. The van der Waals surface area contributed by atoms with E-state index < -0.39 is 0 Å². The largest absolute Gasteiger partial charge is 0.276 e. The molecular weight excluding hydrogens is 567 g/mol. The number of para-hydroxylation sites is 1. The van der Waals surface area contributed by atoms with E-state index in [1.165, 1.54) is 58.0 Å². The van der Waals surface area contributed by atoms with Gasteiger partial charge in [-0.15, -0.1) is 11.3 Å². The van der Waals surface area contributed by atoms with Gasteiger partial charge < -0.3 is 0 Å². The molecule has 0 unspecified atom stereocenters. The lowest BCUT2D eigenvalue weighted by Crippen LogP contribution is -2.04. The lowest BCUT2D eigenvalue weighted by Gasteiger charge is -2.13. The van der Waals surface area contributed by atoms with Crippen molar-refractivity contribution in [2.45, 2.75) is 6.92 Å². The Morgan fingerprint density at radius 2 is 1.22 bits per heavy atom. The zero-order valence-corrected chi connectivity index (χ0v) is 25.3. The Morgan fingerprint density at radius 3 is 2.07 bits per heavy atom. The highest BCUT2D eigenvalue weighted by atomic mass is 32.1. The minimum Gasteiger partial charge on any atom is -0.276 e. The van der Waals surface area contributed by atoms with Gasteiger partial charge in [0, 0.05) is 37.2 Å². The van der Waals surface area contributed by atoms with Gasteiger partial charge in [0.05, 0.1) is 26.9 Å². The van der Waals surface area contributed by atoms with Crippen LogP contribution in [-0.4, -0.2) is 14.5 Å². The molecule has 4 heteroatoms. The van der Waals surface area contributed by atoms with Crippen molar-refractivity contribution in [3.05, 3.63) is 139 Å². The molecule has 3 nitrogen and oxygen atoms in total. The second-order valence-corrected chi connectivity index (χ2v) is 12.8. The molecule has 10 rings (SSSR count). The zero-order valence-electron chi connectivity index (χ0n) is 24.5. The summed E-state index contributed by atoms with van der Waals surface area (Å²) < 4.78 is 4.89. The molecular formula is C41H25N3S. The molecule has 0 saturated heterocycles. The van der Waals surface area contributed by atoms with Gasteiger partial charge in [-0.1, -0.05) is 121 Å². The minimum absolute atomic E-state index is 0.694. The number of aryl methyl sites for hydroxylation is 1. The second-order valence-electron chi connectivity index (χ2n) is 11.8. The van der Waals surface area contributed by atoms with Crippen molar-refractivity contribution in [3.8, 4) is 17.2 Å². The summed E-state index contributed by atoms with van der Waals surface area (Å²) >= 11 is 1.87. The summed E-state index contributed by atoms with van der Waals surface area (Å²) in [6, 6.07) is 47.8. The van der Waals surface area contributed by atoms with Crippen LogP contribution in [0.4, 0.5) is 0 Å². The molecule has 0 fully saturated rings. The molecule has 0 saturated carbocycles. The van der Waals surface area contributed by atoms with E-state index in [9.17, 15) is 0 Å². The average Bonchev–Trinajstić information content (AvgIpc) is 3.66. The summed E-state index contributed by atoms with van der Waals surface area (Å²) in [5, 5.41) is 11.2. The topological polar surface area (TPSA) is 30.7 Å². The van der Waals surface area contributed by atoms with Crippen LogP contribution in [0.5, 0.6) is 0 Å². The van der Waals surface area contributed by atoms with E-state index in [-0.39, 0.29) is 0 Å². The maximum atomic E-state index is 5.43. The van der Waals surface area contributed by atoms with Crippen LogP contribution >= 0.6 is 11.3 Å². The molecule has 0 bridgehead atoms. The third kappa shape index (κ3) is 3.40. The van der Waals surface area contributed by atoms with Crippen molar-refractivity contribution in [1.82, 2.24) is 14.5 Å². The van der Waals surface area contributed by atoms with E-state index in [4.69, 9.17) is 9.97 Å². The maximum absolute atomic E-state index is 5.43. The van der Waals surface area contributed by atoms with Crippen molar-refractivity contribution < 1.29 is 0 Å². The molecule has 0 N–H and O–H groups in total. The van der Waals surface area contributed by atoms with Gasteiger partial charge in [0.2, 0.25) is 5.95 Å². The van der Waals surface area contributed by atoms with Crippen molar-refractivity contribution in [2.75, 3.05) is 0 Å². The molecule has 0 spiro atoms. The highest BCUT2D eigenvalue weighted by molar-refractivity contribution is 7.27. The van der Waals surface area contributed by atoms with Gasteiger partial charge in [-0.05, 0) is 46.2 Å². The zero-order chi connectivity index (χ0) is 29.6. The van der Waals surface area contributed by atoms with Crippen LogP contribution in [0.15, 0.2) is 133 Å². The standard InChI is InChI=1S/C41H25N3S/c1-24-12-11-20-31-37(24)42-41(43-38(31)26-14-3-2-4-15-26)44-32-23-22-25-13-5-6-16-27(25)35(32)36-29-18-8-7-17-28(29)34-30-19-9-10-21-33(30)45-40(34)39(36)44/h2-23H,1H3. The highest BCUT2D eigenvalue weighted by Crippen LogP contribution is 2.49. The molecule has 0 amide bonds. The highest BCUT2D eigenvalue weighted by Gasteiger charge is 2.25. The van der Waals surface area contributed by atoms with Crippen LogP contribution in [0.3, 0.4) is 0 Å². The van der Waals surface area contributed by atoms with Crippen LogP contribution < -0.4 is 0 Å². The van der Waals surface area contributed by atoms with Gasteiger partial charge in [0.15, 0.2) is 0 Å². The van der Waals surface area contributed by atoms with Crippen LogP contribution in [0.1, 0.15) is 5.56 Å². The number of nitrogens with zero attached hydrogens (tertiary/aromatic N) is 3. The molecule has 210 valence electrons. The Kier molecular flexibility index (Phi) is 5.08. The van der Waals surface area contributed by atoms with Crippen LogP contribution in [0.2, 0.25) is 0 Å². The third-order valence-corrected chi connectivity index (χ3v) is 10.5. The van der Waals surface area contributed by atoms with Crippen molar-refractivity contribution in [1.29, 1.82) is 0 Å². The summed E-state index contributed by atoms with van der Waals surface area (Å²) in [4.78, 5) is 10.8. The number of aromatic nitrogens is 3. The number of hydrogen-bond donors (Lipinski definition) is 0. The van der Waals surface area contributed by atoms with Crippen molar-refractivity contribution in [3.63, 3.8) is 0 Å². The summed E-state index contributed by atoms with van der Waals surface area (Å²) in [6.45, 7) is 2.14. The van der Waals surface area contributed by atoms with Gasteiger partial charge in [-0.25, -0.2) is 9.97 Å². The van der Waals surface area contributed by atoms with E-state index in [1.54, 1.807) is 0 Å². The minimum atomic E-state index is 0.694. The van der Waals surface area contributed by atoms with Crippen molar-refractivity contribution >= 4 is 85.8 Å². The Labute approximate surface area is 262 Å². The number of rotatable bonds is 2. The average molecular weight is 592 g/mol. The SMILES string of the molecule is Cc1cccc2c(-c3ccccc3)nc(-n3c4ccc5ccccc5c4c4c5ccccc5c5c6ccccc6sc5c43)nc12. The molecule has 0 aliphatic heterocycles. The number of benzene rings is 7. The summed E-state index contributed by atoms with van der Waals surface area (Å²) in [5.41, 5.74) is 6.43. The molecule has 0 atom stereocenters. The quantitative estimate of drug-likeness (QED) is 0.200. The summed E-state index contributed by atoms with van der Waals surface area (Å²) in [5.74, 6) is 0.694. The molecule has 7 aromatic carbocycles. The fourth-order valence-electron chi connectivity index (χ4n) is 7.34. The van der Waals surface area contributed by atoms with Crippen LogP contribution in [0.25, 0.3) is 91.6 Å². The molecule has 3 heterocycles. The fourth-order valence-corrected chi connectivity index (χ4v) is 8.60. The Hall–Kier alpha value is -5.58. The molecule has 45 heavy (non-hydrogen) atoms. The molecule has 0 aliphatic rings. The first-order valence-electron chi connectivity index (χ1n) is 15.3. The Morgan fingerprint density at radius 1 is 0.533 bits per heavy atom. The predicted octanol–water partition coefficient (Wildman–Crippen LogP) is 11.4. The first-order chi connectivity index (χ1) is 22.3. The Bertz CT molecular complexity index is 2820. The smallest absolute Gasteiger partial charge is 0.235 e. The molecule has 3 aromatic heterocycles. The van der Waals surface area contributed by atoms with Gasteiger partial charge in [0.25, 0.3) is 0 Å². The van der Waals surface area contributed by atoms with E-state index in [0.717, 1.165) is 33.2 Å². The first-order valence-corrected chi connectivity index (χ1v) is 16.1. The van der Waals surface area contributed by atoms with Gasteiger partial charge in [-0.2, -0.15) is 0 Å². The van der Waals surface area contributed by atoms with Gasteiger partial charge >= 0.3 is 0 Å². The van der Waals surface area contributed by atoms with E-state index in [0.29, 0.717) is 5.95 Å². The molecule has 0 aliphatic carbocycles. The van der Waals surface area contributed by atoms with Crippen molar-refractivity contribution in [2.24, 2.45) is 0 Å². The molecule has 10 aromatic rings. The van der Waals surface area contributed by atoms with E-state index >= 15 is 0 Å². The first kappa shape index (κ1) is 24.8. The predicted molar refractivity (Wildman–Crippen MR) is 192 cm³/mol. The lowest BCUT2D eigenvalue weighted by molar-refractivity contribution is 1.02. The van der Waals surface area contributed by atoms with Crippen LogP contribution in [0, 0.1) is 6.92 Å². The summed E-state index contributed by atoms with van der Waals surface area (Å²) in [6.07, 6.45) is 0. The summed E-state index contributed by atoms with van der Waals surface area (Å²) in [7, 11) is 0. The third-order valence-electron chi connectivity index (χ3n) is 9.30. The van der Waals surface area contributed by atoms with Gasteiger partial charge in [0.1, 0.15) is 0 Å². The van der Waals surface area contributed by atoms with Crippen LogP contribution in [-0.2, 0) is 0 Å². The monoisotopic (exact) mass is 591 g/mol. The number of thiophene rings is 1. The fraction of sp³-hybridized carbons (Fsp3) is 0.0244. The van der Waals surface area contributed by atoms with Gasteiger partial charge in [-0.3, -0.25) is 4.57 Å². The van der Waals surface area contributed by atoms with E-state index in [2.05, 4.69) is 145 Å². The lowest BCUT2D eigenvalue weighted by atomic mass is 9.97. The Balaban J connectivity index is 1.50. The second kappa shape index (κ2) is 9.21.